The molecule has 0 unspecified atom stereocenters. The number of ether oxygens (including phenoxy) is 1. The standard InChI is InChI=1S/C14H18ClNO5S/c1-2-21-12-6-5-11(15)8-13(12)22(19,20)16-7-3-4-10(9-16)14(17)18/h5-6,8,10H,2-4,7,9H2,1H3,(H,17,18)/p-1/t10-/m1/s1. The third kappa shape index (κ3) is 3.53. The monoisotopic (exact) mass is 346 g/mol. The number of carbonyl (C=O) groups is 1. The fourth-order valence-electron chi connectivity index (χ4n) is 2.45. The van der Waals surface area contributed by atoms with E-state index in [-0.39, 0.29) is 28.8 Å². The number of benzene rings is 1. The highest BCUT2D eigenvalue weighted by Gasteiger charge is 2.32. The second-order valence-electron chi connectivity index (χ2n) is 5.05. The number of carbonyl (C=O) groups excluding carboxylic acids is 1. The third-order valence-electron chi connectivity index (χ3n) is 3.54. The summed E-state index contributed by atoms with van der Waals surface area (Å²) in [6, 6.07) is 4.37. The number of carboxylic acids is 1. The van der Waals surface area contributed by atoms with Crippen molar-refractivity contribution in [2.75, 3.05) is 19.7 Å². The lowest BCUT2D eigenvalue weighted by molar-refractivity contribution is -0.312. The molecule has 0 bridgehead atoms. The lowest BCUT2D eigenvalue weighted by atomic mass is 10.0. The Morgan fingerprint density at radius 1 is 1.50 bits per heavy atom. The predicted octanol–water partition coefficient (Wildman–Crippen LogP) is 0.889. The van der Waals surface area contributed by atoms with Crippen LogP contribution in [-0.2, 0) is 14.8 Å². The minimum Gasteiger partial charge on any atom is -0.550 e. The summed E-state index contributed by atoms with van der Waals surface area (Å²) in [7, 11) is -3.87. The number of hydrogen-bond acceptors (Lipinski definition) is 5. The highest BCUT2D eigenvalue weighted by atomic mass is 35.5. The first-order valence-corrected chi connectivity index (χ1v) is 8.81. The van der Waals surface area contributed by atoms with Crippen LogP contribution < -0.4 is 9.84 Å². The van der Waals surface area contributed by atoms with Crippen molar-refractivity contribution in [3.63, 3.8) is 0 Å². The number of sulfonamides is 1. The van der Waals surface area contributed by atoms with Gasteiger partial charge < -0.3 is 14.6 Å². The summed E-state index contributed by atoms with van der Waals surface area (Å²) in [6.45, 7) is 2.23. The zero-order valence-electron chi connectivity index (χ0n) is 12.1. The van der Waals surface area contributed by atoms with E-state index in [0.717, 1.165) is 4.31 Å². The molecule has 0 saturated carbocycles. The smallest absolute Gasteiger partial charge is 0.246 e. The van der Waals surface area contributed by atoms with Crippen molar-refractivity contribution in [2.24, 2.45) is 5.92 Å². The average molecular weight is 347 g/mol. The van der Waals surface area contributed by atoms with Crippen molar-refractivity contribution < 1.29 is 23.1 Å². The van der Waals surface area contributed by atoms with E-state index in [0.29, 0.717) is 19.4 Å². The maximum atomic E-state index is 12.8. The van der Waals surface area contributed by atoms with Gasteiger partial charge in [-0.15, -0.1) is 0 Å². The molecular weight excluding hydrogens is 330 g/mol. The number of rotatable bonds is 5. The van der Waals surface area contributed by atoms with E-state index in [1.165, 1.54) is 12.1 Å². The van der Waals surface area contributed by atoms with Crippen LogP contribution in [0.5, 0.6) is 5.75 Å². The van der Waals surface area contributed by atoms with Crippen molar-refractivity contribution in [2.45, 2.75) is 24.7 Å². The molecule has 22 heavy (non-hydrogen) atoms. The summed E-state index contributed by atoms with van der Waals surface area (Å²) >= 11 is 5.90. The summed E-state index contributed by atoms with van der Waals surface area (Å²) in [4.78, 5) is 11.0. The molecule has 1 aliphatic rings. The first-order chi connectivity index (χ1) is 10.4. The molecule has 0 N–H and O–H groups in total. The number of aliphatic carboxylic acids is 1. The molecule has 0 aromatic heterocycles. The van der Waals surface area contributed by atoms with Crippen molar-refractivity contribution in [1.82, 2.24) is 4.31 Å². The first-order valence-electron chi connectivity index (χ1n) is 6.99. The van der Waals surface area contributed by atoms with Gasteiger partial charge in [0.2, 0.25) is 10.0 Å². The number of piperidine rings is 1. The Balaban J connectivity index is 2.37. The summed E-state index contributed by atoms with van der Waals surface area (Å²) in [6.07, 6.45) is 0.893. The molecule has 0 aliphatic carbocycles. The van der Waals surface area contributed by atoms with Crippen LogP contribution in [0.2, 0.25) is 5.02 Å². The van der Waals surface area contributed by atoms with Gasteiger partial charge >= 0.3 is 0 Å². The van der Waals surface area contributed by atoms with Gasteiger partial charge in [-0.25, -0.2) is 8.42 Å². The molecule has 1 heterocycles. The van der Waals surface area contributed by atoms with E-state index in [9.17, 15) is 18.3 Å². The normalized spacial score (nSPS) is 19.8. The number of halogens is 1. The van der Waals surface area contributed by atoms with Gasteiger partial charge in [-0.3, -0.25) is 0 Å². The highest BCUT2D eigenvalue weighted by Crippen LogP contribution is 2.32. The second-order valence-corrected chi connectivity index (χ2v) is 7.39. The highest BCUT2D eigenvalue weighted by molar-refractivity contribution is 7.89. The zero-order chi connectivity index (χ0) is 16.3. The molecule has 1 aromatic carbocycles. The van der Waals surface area contributed by atoms with Crippen molar-refractivity contribution >= 4 is 27.6 Å². The Kier molecular flexibility index (Phi) is 5.31. The van der Waals surface area contributed by atoms with E-state index in [1.54, 1.807) is 13.0 Å². The van der Waals surface area contributed by atoms with Crippen molar-refractivity contribution in [3.05, 3.63) is 23.2 Å². The van der Waals surface area contributed by atoms with E-state index in [1.807, 2.05) is 0 Å². The summed E-state index contributed by atoms with van der Waals surface area (Å²) in [5.74, 6) is -1.81. The summed E-state index contributed by atoms with van der Waals surface area (Å²) in [5, 5.41) is 11.3. The van der Waals surface area contributed by atoms with Gasteiger partial charge in [-0.1, -0.05) is 11.6 Å². The Labute approximate surface area is 134 Å². The largest absolute Gasteiger partial charge is 0.550 e. The van der Waals surface area contributed by atoms with E-state index >= 15 is 0 Å². The molecule has 1 aromatic rings. The van der Waals surface area contributed by atoms with Crippen LogP contribution in [0.1, 0.15) is 19.8 Å². The lowest BCUT2D eigenvalue weighted by Crippen LogP contribution is -2.46. The molecule has 122 valence electrons. The molecule has 6 nitrogen and oxygen atoms in total. The Bertz CT molecular complexity index is 661. The Morgan fingerprint density at radius 3 is 2.86 bits per heavy atom. The van der Waals surface area contributed by atoms with E-state index < -0.39 is 21.9 Å². The zero-order valence-corrected chi connectivity index (χ0v) is 13.7. The molecule has 8 heteroatoms. The van der Waals surface area contributed by atoms with Gasteiger partial charge in [-0.2, -0.15) is 4.31 Å². The van der Waals surface area contributed by atoms with Crippen LogP contribution in [-0.4, -0.2) is 38.4 Å². The quantitative estimate of drug-likeness (QED) is 0.790. The minimum absolute atomic E-state index is 0.0409. The van der Waals surface area contributed by atoms with Crippen LogP contribution in [0.15, 0.2) is 23.1 Å². The molecule has 1 saturated heterocycles. The minimum atomic E-state index is -3.87. The molecular formula is C14H17ClNO5S-. The Morgan fingerprint density at radius 2 is 2.23 bits per heavy atom. The van der Waals surface area contributed by atoms with Crippen LogP contribution in [0.3, 0.4) is 0 Å². The predicted molar refractivity (Wildman–Crippen MR) is 79.1 cm³/mol. The fourth-order valence-corrected chi connectivity index (χ4v) is 4.37. The third-order valence-corrected chi connectivity index (χ3v) is 5.66. The van der Waals surface area contributed by atoms with Crippen LogP contribution >= 0.6 is 11.6 Å². The average Bonchev–Trinajstić information content (AvgIpc) is 2.49. The Hall–Kier alpha value is -1.31. The molecule has 0 amide bonds. The van der Waals surface area contributed by atoms with Crippen molar-refractivity contribution in [3.8, 4) is 5.75 Å². The first kappa shape index (κ1) is 17.1. The van der Waals surface area contributed by atoms with Gasteiger partial charge in [-0.05, 0) is 38.0 Å². The maximum absolute atomic E-state index is 12.8. The SMILES string of the molecule is CCOc1ccc(Cl)cc1S(=O)(=O)N1CCC[C@@H](C(=O)[O-])C1. The molecule has 1 atom stereocenters. The second kappa shape index (κ2) is 6.85. The summed E-state index contributed by atoms with van der Waals surface area (Å²) in [5.41, 5.74) is 0. The van der Waals surface area contributed by atoms with Gasteiger partial charge in [0.15, 0.2) is 0 Å². The van der Waals surface area contributed by atoms with Gasteiger partial charge in [0.25, 0.3) is 0 Å². The summed E-state index contributed by atoms with van der Waals surface area (Å²) < 4.78 is 32.1. The topological polar surface area (TPSA) is 86.7 Å². The lowest BCUT2D eigenvalue weighted by Gasteiger charge is -2.32. The van der Waals surface area contributed by atoms with Gasteiger partial charge in [0.1, 0.15) is 10.6 Å². The van der Waals surface area contributed by atoms with Crippen molar-refractivity contribution in [1.29, 1.82) is 0 Å². The fraction of sp³-hybridized carbons (Fsp3) is 0.500. The number of hydrogen-bond donors (Lipinski definition) is 0. The molecule has 1 fully saturated rings. The molecule has 0 spiro atoms. The van der Waals surface area contributed by atoms with Crippen LogP contribution in [0.25, 0.3) is 0 Å². The van der Waals surface area contributed by atoms with Crippen LogP contribution in [0.4, 0.5) is 0 Å². The maximum Gasteiger partial charge on any atom is 0.246 e. The van der Waals surface area contributed by atoms with Gasteiger partial charge in [0, 0.05) is 30.0 Å². The van der Waals surface area contributed by atoms with E-state index in [4.69, 9.17) is 16.3 Å². The number of nitrogens with zero attached hydrogens (tertiary/aromatic N) is 1. The van der Waals surface area contributed by atoms with E-state index in [2.05, 4.69) is 0 Å². The molecule has 0 radical (unpaired) electrons. The molecule has 1 aliphatic heterocycles. The van der Waals surface area contributed by atoms with Gasteiger partial charge in [0.05, 0.1) is 6.61 Å². The molecule has 2 rings (SSSR count). The number of carboxylic acid groups (broad SMARTS) is 1. The van der Waals surface area contributed by atoms with Crippen LogP contribution in [0, 0.1) is 5.92 Å².